The predicted molar refractivity (Wildman–Crippen MR) is 97.5 cm³/mol. The number of carbonyl (C=O) groups excluding carboxylic acids is 1. The van der Waals surface area contributed by atoms with E-state index in [1.807, 2.05) is 6.92 Å². The van der Waals surface area contributed by atoms with Crippen LogP contribution in [0.25, 0.3) is 0 Å². The second-order valence-electron chi connectivity index (χ2n) is 5.61. The summed E-state index contributed by atoms with van der Waals surface area (Å²) in [5.41, 5.74) is 5.63. The van der Waals surface area contributed by atoms with Crippen LogP contribution in [0.2, 0.25) is 0 Å². The van der Waals surface area contributed by atoms with Crippen LogP contribution < -0.4 is 21.1 Å². The molecule has 132 valence electrons. The van der Waals surface area contributed by atoms with Crippen LogP contribution >= 0.6 is 22.6 Å². The molecule has 0 saturated heterocycles. The van der Waals surface area contributed by atoms with Gasteiger partial charge in [0.25, 0.3) is 5.91 Å². The van der Waals surface area contributed by atoms with Gasteiger partial charge in [-0.05, 0) is 61.3 Å². The van der Waals surface area contributed by atoms with E-state index < -0.39 is 12.0 Å². The standard InChI is InChI=1S/C15H21IN4O4/c1-2-24-14-10(12(17)21)7-11(16)13(20-14)18-8-3-5-9(6-4-8)19-15(22)23/h7-9,19H,2-6H2,1H3,(H2,17,21)(H,18,20)(H,22,23). The number of halogens is 1. The van der Waals surface area contributed by atoms with Crippen molar-refractivity contribution in [1.82, 2.24) is 10.3 Å². The Kier molecular flexibility index (Phi) is 6.46. The van der Waals surface area contributed by atoms with Gasteiger partial charge >= 0.3 is 6.09 Å². The van der Waals surface area contributed by atoms with Crippen molar-refractivity contribution >= 4 is 40.4 Å². The first-order valence-electron chi connectivity index (χ1n) is 7.79. The zero-order chi connectivity index (χ0) is 17.7. The molecule has 0 aliphatic heterocycles. The van der Waals surface area contributed by atoms with Crippen molar-refractivity contribution in [3.63, 3.8) is 0 Å². The Balaban J connectivity index is 2.06. The number of hydrogen-bond donors (Lipinski definition) is 4. The van der Waals surface area contributed by atoms with Crippen molar-refractivity contribution in [3.8, 4) is 5.88 Å². The molecular formula is C15H21IN4O4. The monoisotopic (exact) mass is 448 g/mol. The van der Waals surface area contributed by atoms with Crippen molar-refractivity contribution in [3.05, 3.63) is 15.2 Å². The SMILES string of the molecule is CCOc1nc(NC2CCC(NC(=O)O)CC2)c(I)cc1C(N)=O. The number of rotatable bonds is 6. The van der Waals surface area contributed by atoms with Gasteiger partial charge in [-0.2, -0.15) is 4.98 Å². The Labute approximate surface area is 153 Å². The average molecular weight is 448 g/mol. The highest BCUT2D eigenvalue weighted by molar-refractivity contribution is 14.1. The lowest BCUT2D eigenvalue weighted by Crippen LogP contribution is -2.39. The number of ether oxygens (including phenoxy) is 1. The largest absolute Gasteiger partial charge is 0.477 e. The molecule has 24 heavy (non-hydrogen) atoms. The summed E-state index contributed by atoms with van der Waals surface area (Å²) in [6, 6.07) is 1.87. The number of carbonyl (C=O) groups is 2. The third-order valence-corrected chi connectivity index (χ3v) is 4.71. The van der Waals surface area contributed by atoms with Crippen LogP contribution in [0.5, 0.6) is 5.88 Å². The van der Waals surface area contributed by atoms with Crippen molar-refractivity contribution in [1.29, 1.82) is 0 Å². The first kappa shape index (κ1) is 18.6. The average Bonchev–Trinajstić information content (AvgIpc) is 2.51. The molecule has 0 atom stereocenters. The van der Waals surface area contributed by atoms with E-state index in [0.717, 1.165) is 29.3 Å². The van der Waals surface area contributed by atoms with Crippen LogP contribution in [0, 0.1) is 3.57 Å². The molecule has 2 rings (SSSR count). The van der Waals surface area contributed by atoms with E-state index in [2.05, 4.69) is 38.2 Å². The van der Waals surface area contributed by atoms with Gasteiger partial charge in [-0.3, -0.25) is 4.79 Å². The lowest BCUT2D eigenvalue weighted by atomic mass is 9.91. The smallest absolute Gasteiger partial charge is 0.404 e. The number of nitrogens with zero attached hydrogens (tertiary/aromatic N) is 1. The summed E-state index contributed by atoms with van der Waals surface area (Å²) in [5, 5.41) is 14.7. The highest BCUT2D eigenvalue weighted by Gasteiger charge is 2.24. The number of aromatic nitrogens is 1. The molecule has 0 aromatic carbocycles. The summed E-state index contributed by atoms with van der Waals surface area (Å²) < 4.78 is 6.20. The fraction of sp³-hybridized carbons (Fsp3) is 0.533. The molecule has 1 aromatic heterocycles. The molecule has 2 amide bonds. The summed E-state index contributed by atoms with van der Waals surface area (Å²) in [7, 11) is 0. The number of nitrogens with two attached hydrogens (primary N) is 1. The number of nitrogens with one attached hydrogen (secondary N) is 2. The topological polar surface area (TPSA) is 127 Å². The molecular weight excluding hydrogens is 427 g/mol. The molecule has 1 aliphatic carbocycles. The van der Waals surface area contributed by atoms with E-state index >= 15 is 0 Å². The van der Waals surface area contributed by atoms with Gasteiger partial charge in [0, 0.05) is 12.1 Å². The van der Waals surface area contributed by atoms with Gasteiger partial charge in [-0.1, -0.05) is 0 Å². The third-order valence-electron chi connectivity index (χ3n) is 3.88. The van der Waals surface area contributed by atoms with Crippen molar-refractivity contribution < 1.29 is 19.4 Å². The van der Waals surface area contributed by atoms with Gasteiger partial charge in [0.15, 0.2) is 0 Å². The van der Waals surface area contributed by atoms with Crippen LogP contribution in [-0.2, 0) is 0 Å². The first-order valence-corrected chi connectivity index (χ1v) is 8.87. The first-order chi connectivity index (χ1) is 11.4. The molecule has 0 bridgehead atoms. The molecule has 1 saturated carbocycles. The fourth-order valence-electron chi connectivity index (χ4n) is 2.75. The zero-order valence-electron chi connectivity index (χ0n) is 13.3. The summed E-state index contributed by atoms with van der Waals surface area (Å²) in [6.45, 7) is 2.20. The second kappa shape index (κ2) is 8.36. The molecule has 1 aromatic rings. The van der Waals surface area contributed by atoms with Crippen LogP contribution in [0.15, 0.2) is 6.07 Å². The third kappa shape index (κ3) is 4.86. The van der Waals surface area contributed by atoms with E-state index in [4.69, 9.17) is 15.6 Å². The van der Waals surface area contributed by atoms with Gasteiger partial charge in [0.2, 0.25) is 5.88 Å². The summed E-state index contributed by atoms with van der Waals surface area (Å²) in [5.74, 6) is 0.309. The van der Waals surface area contributed by atoms with Crippen LogP contribution in [0.4, 0.5) is 10.6 Å². The van der Waals surface area contributed by atoms with Crippen molar-refractivity contribution in [2.24, 2.45) is 5.73 Å². The molecule has 8 nitrogen and oxygen atoms in total. The lowest BCUT2D eigenvalue weighted by Gasteiger charge is -2.29. The lowest BCUT2D eigenvalue weighted by molar-refractivity contribution is 0.0995. The van der Waals surface area contributed by atoms with E-state index in [1.54, 1.807) is 6.07 Å². The Morgan fingerprint density at radius 3 is 2.54 bits per heavy atom. The maximum atomic E-state index is 11.5. The number of carboxylic acid groups (broad SMARTS) is 1. The van der Waals surface area contributed by atoms with Gasteiger partial charge in [0.05, 0.1) is 10.2 Å². The van der Waals surface area contributed by atoms with E-state index in [-0.39, 0.29) is 23.5 Å². The molecule has 1 fully saturated rings. The molecule has 0 spiro atoms. The van der Waals surface area contributed by atoms with E-state index in [9.17, 15) is 9.59 Å². The Bertz CT molecular complexity index is 618. The zero-order valence-corrected chi connectivity index (χ0v) is 15.5. The van der Waals surface area contributed by atoms with E-state index in [0.29, 0.717) is 12.4 Å². The fourth-order valence-corrected chi connectivity index (χ4v) is 3.33. The molecule has 0 radical (unpaired) electrons. The molecule has 1 aliphatic rings. The number of primary amides is 1. The maximum absolute atomic E-state index is 11.5. The number of anilines is 1. The number of hydrogen-bond acceptors (Lipinski definition) is 5. The number of pyridine rings is 1. The highest BCUT2D eigenvalue weighted by Crippen LogP contribution is 2.28. The predicted octanol–water partition coefficient (Wildman–Crippen LogP) is 2.17. The summed E-state index contributed by atoms with van der Waals surface area (Å²) in [6.07, 6.45) is 2.25. The Morgan fingerprint density at radius 1 is 1.38 bits per heavy atom. The summed E-state index contributed by atoms with van der Waals surface area (Å²) in [4.78, 5) is 26.6. The van der Waals surface area contributed by atoms with Gasteiger partial charge in [0.1, 0.15) is 11.4 Å². The molecule has 9 heteroatoms. The normalized spacial score (nSPS) is 20.2. The molecule has 1 heterocycles. The van der Waals surface area contributed by atoms with Gasteiger partial charge in [-0.15, -0.1) is 0 Å². The summed E-state index contributed by atoms with van der Waals surface area (Å²) >= 11 is 2.10. The molecule has 0 unspecified atom stereocenters. The Morgan fingerprint density at radius 2 is 2.00 bits per heavy atom. The van der Waals surface area contributed by atoms with E-state index in [1.165, 1.54) is 0 Å². The quantitative estimate of drug-likeness (QED) is 0.495. The molecule has 5 N–H and O–H groups in total. The highest BCUT2D eigenvalue weighted by atomic mass is 127. The second-order valence-corrected chi connectivity index (χ2v) is 6.77. The minimum Gasteiger partial charge on any atom is -0.477 e. The van der Waals surface area contributed by atoms with Crippen molar-refractivity contribution in [2.45, 2.75) is 44.7 Å². The van der Waals surface area contributed by atoms with Crippen LogP contribution in [0.3, 0.4) is 0 Å². The maximum Gasteiger partial charge on any atom is 0.404 e. The number of amides is 2. The van der Waals surface area contributed by atoms with Crippen LogP contribution in [0.1, 0.15) is 43.0 Å². The van der Waals surface area contributed by atoms with Gasteiger partial charge < -0.3 is 26.2 Å². The minimum absolute atomic E-state index is 0.00352. The van der Waals surface area contributed by atoms with Crippen molar-refractivity contribution in [2.75, 3.05) is 11.9 Å². The van der Waals surface area contributed by atoms with Crippen LogP contribution in [-0.4, -0.2) is 40.8 Å². The Hall–Kier alpha value is -1.78. The van der Waals surface area contributed by atoms with Gasteiger partial charge in [-0.25, -0.2) is 4.79 Å². The minimum atomic E-state index is -0.981.